The van der Waals surface area contributed by atoms with Crippen LogP contribution in [0, 0.1) is 0 Å². The Balaban J connectivity index is 2.35. The fourth-order valence-corrected chi connectivity index (χ4v) is 2.75. The zero-order valence-electron chi connectivity index (χ0n) is 10.2. The quantitative estimate of drug-likeness (QED) is 0.762. The molecule has 0 radical (unpaired) electrons. The van der Waals surface area contributed by atoms with Crippen LogP contribution in [-0.4, -0.2) is 27.8 Å². The van der Waals surface area contributed by atoms with Crippen molar-refractivity contribution in [3.8, 4) is 0 Å². The molecule has 0 saturated heterocycles. The van der Waals surface area contributed by atoms with Crippen LogP contribution >= 0.6 is 0 Å². The lowest BCUT2D eigenvalue weighted by molar-refractivity contribution is -0.129. The fraction of sp³-hybridized carbons (Fsp3) is 0.462. The summed E-state index contributed by atoms with van der Waals surface area (Å²) in [6.45, 7) is 3.07. The van der Waals surface area contributed by atoms with E-state index in [1.165, 1.54) is 5.56 Å². The average molecular weight is 251 g/mol. The first-order valence-electron chi connectivity index (χ1n) is 5.78. The molecule has 0 fully saturated rings. The molecule has 1 aliphatic rings. The predicted molar refractivity (Wildman–Crippen MR) is 68.2 cm³/mol. The minimum absolute atomic E-state index is 0.112. The van der Waals surface area contributed by atoms with E-state index in [4.69, 9.17) is 0 Å². The van der Waals surface area contributed by atoms with Crippen molar-refractivity contribution in [2.75, 3.05) is 12.8 Å². The maximum atomic E-state index is 11.5. The van der Waals surface area contributed by atoms with Crippen molar-refractivity contribution in [2.24, 2.45) is 0 Å². The Labute approximate surface area is 104 Å². The van der Waals surface area contributed by atoms with Crippen molar-refractivity contribution in [2.45, 2.75) is 31.2 Å². The summed E-state index contributed by atoms with van der Waals surface area (Å²) in [6.07, 6.45) is 3.68. The van der Waals surface area contributed by atoms with E-state index in [1.807, 2.05) is 17.0 Å². The Morgan fingerprint density at radius 1 is 1.35 bits per heavy atom. The molecule has 0 spiro atoms. The number of carbonyl (C=O) groups is 1. The highest BCUT2D eigenvalue weighted by atomic mass is 32.2. The van der Waals surface area contributed by atoms with Crippen molar-refractivity contribution in [3.05, 3.63) is 29.3 Å². The van der Waals surface area contributed by atoms with E-state index in [1.54, 1.807) is 13.2 Å². The lowest BCUT2D eigenvalue weighted by Gasteiger charge is -2.18. The van der Waals surface area contributed by atoms with Gasteiger partial charge in [0.1, 0.15) is 0 Å². The van der Waals surface area contributed by atoms with Gasteiger partial charge in [-0.2, -0.15) is 0 Å². The van der Waals surface area contributed by atoms with Crippen LogP contribution in [0.4, 0.5) is 0 Å². The second-order valence-electron chi connectivity index (χ2n) is 4.43. The third-order valence-electron chi connectivity index (χ3n) is 3.19. The summed E-state index contributed by atoms with van der Waals surface area (Å²) in [5.41, 5.74) is 2.42. The number of rotatable bonds is 1. The van der Waals surface area contributed by atoms with Crippen LogP contribution in [0.15, 0.2) is 23.1 Å². The van der Waals surface area contributed by atoms with Crippen LogP contribution in [0.1, 0.15) is 24.5 Å². The van der Waals surface area contributed by atoms with Crippen LogP contribution in [0.2, 0.25) is 0 Å². The molecular weight excluding hydrogens is 234 g/mol. The third kappa shape index (κ3) is 2.75. The van der Waals surface area contributed by atoms with Gasteiger partial charge in [-0.1, -0.05) is 6.07 Å². The van der Waals surface area contributed by atoms with Crippen molar-refractivity contribution in [3.63, 3.8) is 0 Å². The zero-order chi connectivity index (χ0) is 12.4. The second-order valence-corrected chi connectivity index (χ2v) is 5.81. The van der Waals surface area contributed by atoms with E-state index >= 15 is 0 Å². The SMILES string of the molecule is CC(=O)N1CCCc2ccc(S(C)=O)cc2C1. The number of carbonyl (C=O) groups excluding carboxylic acids is 1. The molecule has 92 valence electrons. The number of hydrogen-bond acceptors (Lipinski definition) is 2. The van der Waals surface area contributed by atoms with Crippen LogP contribution < -0.4 is 0 Å². The highest BCUT2D eigenvalue weighted by Gasteiger charge is 2.16. The molecule has 0 saturated carbocycles. The first kappa shape index (κ1) is 12.3. The van der Waals surface area contributed by atoms with Crippen LogP contribution in [0.5, 0.6) is 0 Å². The maximum Gasteiger partial charge on any atom is 0.219 e. The van der Waals surface area contributed by atoms with Gasteiger partial charge in [-0.05, 0) is 36.1 Å². The van der Waals surface area contributed by atoms with Gasteiger partial charge in [-0.15, -0.1) is 0 Å². The summed E-state index contributed by atoms with van der Waals surface area (Å²) < 4.78 is 11.5. The molecule has 1 unspecified atom stereocenters. The molecule has 0 aliphatic carbocycles. The van der Waals surface area contributed by atoms with E-state index in [0.717, 1.165) is 29.8 Å². The fourth-order valence-electron chi connectivity index (χ4n) is 2.19. The Bertz CT molecular complexity index is 470. The topological polar surface area (TPSA) is 37.4 Å². The number of nitrogens with zero attached hydrogens (tertiary/aromatic N) is 1. The largest absolute Gasteiger partial charge is 0.339 e. The first-order chi connectivity index (χ1) is 8.08. The maximum absolute atomic E-state index is 11.5. The number of fused-ring (bicyclic) bond motifs is 1. The van der Waals surface area contributed by atoms with Gasteiger partial charge in [0.25, 0.3) is 0 Å². The molecule has 2 rings (SSSR count). The lowest BCUT2D eigenvalue weighted by Crippen LogP contribution is -2.28. The average Bonchev–Trinajstić information content (AvgIpc) is 2.49. The molecule has 0 bridgehead atoms. The van der Waals surface area contributed by atoms with Crippen LogP contribution in [0.25, 0.3) is 0 Å². The van der Waals surface area contributed by atoms with E-state index in [0.29, 0.717) is 6.54 Å². The Hall–Kier alpha value is -1.16. The van der Waals surface area contributed by atoms with Gasteiger partial charge < -0.3 is 4.90 Å². The second kappa shape index (κ2) is 5.00. The molecule has 1 atom stereocenters. The van der Waals surface area contributed by atoms with Crippen molar-refractivity contribution >= 4 is 16.7 Å². The normalized spacial score (nSPS) is 17.2. The first-order valence-corrected chi connectivity index (χ1v) is 7.34. The van der Waals surface area contributed by atoms with E-state index < -0.39 is 10.8 Å². The summed E-state index contributed by atoms with van der Waals surface area (Å²) in [5, 5.41) is 0. The Kier molecular flexibility index (Phi) is 3.62. The molecular formula is C13H17NO2S. The molecule has 1 aromatic carbocycles. The van der Waals surface area contributed by atoms with Gasteiger partial charge in [0.2, 0.25) is 5.91 Å². The minimum Gasteiger partial charge on any atom is -0.339 e. The summed E-state index contributed by atoms with van der Waals surface area (Å²) in [7, 11) is -0.958. The van der Waals surface area contributed by atoms with Crippen LogP contribution in [-0.2, 0) is 28.6 Å². The lowest BCUT2D eigenvalue weighted by atomic mass is 10.0. The van der Waals surface area contributed by atoms with Crippen molar-refractivity contribution < 1.29 is 9.00 Å². The van der Waals surface area contributed by atoms with E-state index in [-0.39, 0.29) is 5.91 Å². The summed E-state index contributed by atoms with van der Waals surface area (Å²) >= 11 is 0. The monoisotopic (exact) mass is 251 g/mol. The van der Waals surface area contributed by atoms with E-state index in [2.05, 4.69) is 6.07 Å². The molecule has 0 aromatic heterocycles. The highest BCUT2D eigenvalue weighted by Crippen LogP contribution is 2.21. The van der Waals surface area contributed by atoms with Gasteiger partial charge in [0, 0.05) is 42.0 Å². The Morgan fingerprint density at radius 3 is 2.76 bits per heavy atom. The van der Waals surface area contributed by atoms with Crippen LogP contribution in [0.3, 0.4) is 0 Å². The van der Waals surface area contributed by atoms with Gasteiger partial charge >= 0.3 is 0 Å². The molecule has 1 heterocycles. The number of amides is 1. The molecule has 0 N–H and O–H groups in total. The summed E-state index contributed by atoms with van der Waals surface area (Å²) in [5.74, 6) is 0.112. The van der Waals surface area contributed by atoms with Gasteiger partial charge in [0.05, 0.1) is 0 Å². The van der Waals surface area contributed by atoms with Gasteiger partial charge in [0.15, 0.2) is 0 Å². The standard InChI is InChI=1S/C13H17NO2S/c1-10(15)14-7-3-4-11-5-6-13(17(2)16)8-12(11)9-14/h5-6,8H,3-4,7,9H2,1-2H3. The smallest absolute Gasteiger partial charge is 0.219 e. The third-order valence-corrected chi connectivity index (χ3v) is 4.11. The van der Waals surface area contributed by atoms with Gasteiger partial charge in [-0.3, -0.25) is 9.00 Å². The Morgan fingerprint density at radius 2 is 2.12 bits per heavy atom. The predicted octanol–water partition coefficient (Wildman–Crippen LogP) is 1.72. The number of benzene rings is 1. The van der Waals surface area contributed by atoms with E-state index in [9.17, 15) is 9.00 Å². The molecule has 3 nitrogen and oxygen atoms in total. The summed E-state index contributed by atoms with van der Waals surface area (Å²) in [6, 6.07) is 5.96. The molecule has 4 heteroatoms. The molecule has 1 aromatic rings. The number of hydrogen-bond donors (Lipinski definition) is 0. The van der Waals surface area contributed by atoms with Crippen molar-refractivity contribution in [1.29, 1.82) is 0 Å². The van der Waals surface area contributed by atoms with Crippen molar-refractivity contribution in [1.82, 2.24) is 4.90 Å². The number of aryl methyl sites for hydroxylation is 1. The summed E-state index contributed by atoms with van der Waals surface area (Å²) in [4.78, 5) is 14.1. The molecule has 1 aliphatic heterocycles. The zero-order valence-corrected chi connectivity index (χ0v) is 11.0. The minimum atomic E-state index is -0.958. The molecule has 17 heavy (non-hydrogen) atoms. The van der Waals surface area contributed by atoms with Gasteiger partial charge in [-0.25, -0.2) is 0 Å². The molecule has 1 amide bonds. The highest BCUT2D eigenvalue weighted by molar-refractivity contribution is 7.84.